The Kier molecular flexibility index (Phi) is 11.7. The Morgan fingerprint density at radius 3 is 1.44 bits per heavy atom. The van der Waals surface area contributed by atoms with Crippen molar-refractivity contribution in [2.45, 2.75) is 44.9 Å². The number of imide groups is 1. The first-order chi connectivity index (χ1) is 7.70. The number of alkyl halides is 2. The van der Waals surface area contributed by atoms with Crippen LogP contribution in [0.5, 0.6) is 0 Å². The molecule has 0 aliphatic carbocycles. The van der Waals surface area contributed by atoms with E-state index in [2.05, 4.69) is 37.2 Å². The number of unbranched alkanes of at least 4 members (excludes halogenated alkanes) is 4. The molecule has 16 heavy (non-hydrogen) atoms. The second-order valence-electron chi connectivity index (χ2n) is 3.62. The molecule has 3 nitrogen and oxygen atoms in total. The van der Waals surface area contributed by atoms with Gasteiger partial charge in [0.2, 0.25) is 11.8 Å². The number of hydrogen-bond acceptors (Lipinski definition) is 2. The molecule has 94 valence electrons. The molecule has 1 saturated heterocycles. The summed E-state index contributed by atoms with van der Waals surface area (Å²) >= 11 is 6.82. The van der Waals surface area contributed by atoms with Crippen LogP contribution in [-0.2, 0) is 9.59 Å². The van der Waals surface area contributed by atoms with Crippen molar-refractivity contribution >= 4 is 43.7 Å². The van der Waals surface area contributed by atoms with E-state index >= 15 is 0 Å². The lowest BCUT2D eigenvalue weighted by Gasteiger charge is -1.95. The van der Waals surface area contributed by atoms with Gasteiger partial charge in [-0.05, 0) is 12.8 Å². The highest BCUT2D eigenvalue weighted by Crippen LogP contribution is 2.05. The Labute approximate surface area is 114 Å². The zero-order valence-corrected chi connectivity index (χ0v) is 12.6. The van der Waals surface area contributed by atoms with E-state index in [1.54, 1.807) is 0 Å². The summed E-state index contributed by atoms with van der Waals surface area (Å²) in [5.74, 6) is -0.296. The smallest absolute Gasteiger partial charge is 0.227 e. The van der Waals surface area contributed by atoms with Gasteiger partial charge in [0, 0.05) is 23.5 Å². The minimum absolute atomic E-state index is 0.148. The molecule has 1 aliphatic rings. The minimum atomic E-state index is -0.148. The summed E-state index contributed by atoms with van der Waals surface area (Å²) in [7, 11) is 0. The molecule has 2 amide bonds. The molecule has 0 radical (unpaired) electrons. The van der Waals surface area contributed by atoms with E-state index < -0.39 is 0 Å². The van der Waals surface area contributed by atoms with Crippen molar-refractivity contribution in [1.29, 1.82) is 0 Å². The van der Waals surface area contributed by atoms with Crippen molar-refractivity contribution in [3.05, 3.63) is 0 Å². The molecule has 0 bridgehead atoms. The van der Waals surface area contributed by atoms with Crippen LogP contribution in [0.2, 0.25) is 0 Å². The average Bonchev–Trinajstić information content (AvgIpc) is 2.63. The summed E-state index contributed by atoms with van der Waals surface area (Å²) in [6.45, 7) is 0. The van der Waals surface area contributed by atoms with E-state index in [0.29, 0.717) is 12.8 Å². The summed E-state index contributed by atoms with van der Waals surface area (Å²) < 4.78 is 0. The minimum Gasteiger partial charge on any atom is -0.296 e. The van der Waals surface area contributed by atoms with Gasteiger partial charge in [-0.1, -0.05) is 51.1 Å². The molecule has 1 aliphatic heterocycles. The van der Waals surface area contributed by atoms with Crippen LogP contribution in [0, 0.1) is 0 Å². The monoisotopic (exact) mass is 355 g/mol. The zero-order chi connectivity index (χ0) is 12.2. The van der Waals surface area contributed by atoms with Crippen molar-refractivity contribution in [1.82, 2.24) is 5.32 Å². The number of amides is 2. The van der Waals surface area contributed by atoms with Gasteiger partial charge in [0.25, 0.3) is 0 Å². The highest BCUT2D eigenvalue weighted by molar-refractivity contribution is 9.09. The topological polar surface area (TPSA) is 46.2 Å². The summed E-state index contributed by atoms with van der Waals surface area (Å²) in [6, 6.07) is 0. The normalized spacial score (nSPS) is 14.4. The maximum absolute atomic E-state index is 10.1. The lowest BCUT2D eigenvalue weighted by atomic mass is 10.2. The lowest BCUT2D eigenvalue weighted by molar-refractivity contribution is -0.124. The second-order valence-corrected chi connectivity index (χ2v) is 5.20. The molecule has 0 saturated carbocycles. The molecule has 5 heteroatoms. The molecule has 1 fully saturated rings. The van der Waals surface area contributed by atoms with Crippen molar-refractivity contribution in [2.24, 2.45) is 0 Å². The van der Waals surface area contributed by atoms with Gasteiger partial charge < -0.3 is 0 Å². The molecule has 1 N–H and O–H groups in total. The van der Waals surface area contributed by atoms with Gasteiger partial charge in [0.05, 0.1) is 0 Å². The van der Waals surface area contributed by atoms with Crippen molar-refractivity contribution in [3.63, 3.8) is 0 Å². The second kappa shape index (κ2) is 11.6. The van der Waals surface area contributed by atoms with Crippen LogP contribution >= 0.6 is 31.9 Å². The Hall–Kier alpha value is 0.100. The van der Waals surface area contributed by atoms with Crippen LogP contribution in [0.1, 0.15) is 44.9 Å². The molecule has 0 aromatic rings. The fourth-order valence-corrected chi connectivity index (χ4v) is 2.02. The zero-order valence-electron chi connectivity index (χ0n) is 9.44. The highest BCUT2D eigenvalue weighted by atomic mass is 79.9. The first kappa shape index (κ1) is 16.1. The van der Waals surface area contributed by atoms with E-state index in [9.17, 15) is 9.59 Å². The third-order valence-electron chi connectivity index (χ3n) is 2.13. The number of nitrogens with one attached hydrogen (secondary N) is 1. The van der Waals surface area contributed by atoms with E-state index in [4.69, 9.17) is 0 Å². The lowest BCUT2D eigenvalue weighted by Crippen LogP contribution is -2.18. The number of halogens is 2. The molecular weight excluding hydrogens is 338 g/mol. The molecule has 0 spiro atoms. The van der Waals surface area contributed by atoms with Crippen LogP contribution in [0.4, 0.5) is 0 Å². The molecule has 0 atom stereocenters. The average molecular weight is 357 g/mol. The fraction of sp³-hybridized carbons (Fsp3) is 0.818. The van der Waals surface area contributed by atoms with Crippen LogP contribution in [0.15, 0.2) is 0 Å². The van der Waals surface area contributed by atoms with E-state index in [1.807, 2.05) is 0 Å². The number of carbonyl (C=O) groups excluding carboxylic acids is 2. The number of rotatable bonds is 6. The first-order valence-electron chi connectivity index (χ1n) is 5.65. The summed E-state index contributed by atoms with van der Waals surface area (Å²) in [5, 5.41) is 4.47. The Balaban J connectivity index is 0.000000288. The molecule has 0 unspecified atom stereocenters. The predicted molar refractivity (Wildman–Crippen MR) is 73.1 cm³/mol. The summed E-state index contributed by atoms with van der Waals surface area (Å²) in [6.07, 6.45) is 7.59. The van der Waals surface area contributed by atoms with Crippen molar-refractivity contribution in [2.75, 3.05) is 10.7 Å². The van der Waals surface area contributed by atoms with Gasteiger partial charge in [-0.3, -0.25) is 14.9 Å². The third-order valence-corrected chi connectivity index (χ3v) is 3.25. The first-order valence-corrected chi connectivity index (χ1v) is 7.89. The number of carbonyl (C=O) groups is 2. The van der Waals surface area contributed by atoms with E-state index in [1.165, 1.54) is 42.8 Å². The summed E-state index contributed by atoms with van der Waals surface area (Å²) in [4.78, 5) is 20.2. The van der Waals surface area contributed by atoms with Crippen LogP contribution in [0.3, 0.4) is 0 Å². The molecule has 0 aromatic heterocycles. The van der Waals surface area contributed by atoms with Gasteiger partial charge in [-0.25, -0.2) is 0 Å². The van der Waals surface area contributed by atoms with Gasteiger partial charge in [0.15, 0.2) is 0 Å². The van der Waals surface area contributed by atoms with Gasteiger partial charge in [-0.2, -0.15) is 0 Å². The highest BCUT2D eigenvalue weighted by Gasteiger charge is 2.15. The fourth-order valence-electron chi connectivity index (χ4n) is 1.23. The van der Waals surface area contributed by atoms with Gasteiger partial charge >= 0.3 is 0 Å². The quantitative estimate of drug-likeness (QED) is 0.451. The molecule has 1 rings (SSSR count). The maximum atomic E-state index is 10.1. The Morgan fingerprint density at radius 1 is 0.812 bits per heavy atom. The van der Waals surface area contributed by atoms with Crippen LogP contribution in [0.25, 0.3) is 0 Å². The standard InChI is InChI=1S/C7H14Br2.C4H5NO2/c8-6-4-2-1-3-5-7-9;6-3-1-2-4(7)5-3/h1-7H2;1-2H2,(H,5,6,7). The number of hydrogen-bond donors (Lipinski definition) is 1. The predicted octanol–water partition coefficient (Wildman–Crippen LogP) is 3.15. The molecule has 1 heterocycles. The largest absolute Gasteiger partial charge is 0.296 e. The SMILES string of the molecule is BrCCCCCCCBr.O=C1CCC(=O)N1. The van der Waals surface area contributed by atoms with Crippen LogP contribution < -0.4 is 5.32 Å². The Bertz CT molecular complexity index is 190. The van der Waals surface area contributed by atoms with E-state index in [0.717, 1.165) is 0 Å². The Morgan fingerprint density at radius 2 is 1.19 bits per heavy atom. The van der Waals surface area contributed by atoms with Crippen molar-refractivity contribution in [3.8, 4) is 0 Å². The van der Waals surface area contributed by atoms with Crippen LogP contribution in [-0.4, -0.2) is 22.5 Å². The summed E-state index contributed by atoms with van der Waals surface area (Å²) in [5.41, 5.74) is 0. The van der Waals surface area contributed by atoms with Crippen molar-refractivity contribution < 1.29 is 9.59 Å². The molecular formula is C11H19Br2NO2. The van der Waals surface area contributed by atoms with Gasteiger partial charge in [-0.15, -0.1) is 0 Å². The molecule has 0 aromatic carbocycles. The van der Waals surface area contributed by atoms with Gasteiger partial charge in [0.1, 0.15) is 0 Å². The maximum Gasteiger partial charge on any atom is 0.227 e. The van der Waals surface area contributed by atoms with E-state index in [-0.39, 0.29) is 11.8 Å². The third kappa shape index (κ3) is 10.6.